The van der Waals surface area contributed by atoms with Crippen molar-refractivity contribution in [2.24, 2.45) is 0 Å². The fourth-order valence-electron chi connectivity index (χ4n) is 1.68. The van der Waals surface area contributed by atoms with Crippen molar-refractivity contribution in [2.45, 2.75) is 31.2 Å². The molecule has 2 aromatic rings. The molecule has 1 aromatic heterocycles. The van der Waals surface area contributed by atoms with Crippen LogP contribution < -0.4 is 15.8 Å². The highest BCUT2D eigenvalue weighted by molar-refractivity contribution is 7.89. The third-order valence-corrected chi connectivity index (χ3v) is 4.56. The van der Waals surface area contributed by atoms with Crippen LogP contribution in [0, 0.1) is 0 Å². The van der Waals surface area contributed by atoms with Crippen LogP contribution in [-0.2, 0) is 10.0 Å². The average molecular weight is 297 g/mol. The third kappa shape index (κ3) is 2.81. The number of benzene rings is 1. The Morgan fingerprint density at radius 1 is 1.15 bits per heavy atom. The molecule has 0 spiro atoms. The second-order valence-electron chi connectivity index (χ2n) is 4.55. The van der Waals surface area contributed by atoms with Crippen molar-refractivity contribution in [3.8, 4) is 0 Å². The van der Waals surface area contributed by atoms with E-state index in [2.05, 4.69) is 14.7 Å². The molecule has 0 fully saturated rings. The lowest BCUT2D eigenvalue weighted by atomic mass is 10.3. The van der Waals surface area contributed by atoms with Gasteiger partial charge in [-0.1, -0.05) is 6.92 Å². The van der Waals surface area contributed by atoms with Crippen molar-refractivity contribution in [3.05, 3.63) is 38.9 Å². The Bertz CT molecular complexity index is 851. The predicted octanol–water partition coefficient (Wildman–Crippen LogP) is 0.293. The van der Waals surface area contributed by atoms with E-state index in [-0.39, 0.29) is 16.5 Å². The van der Waals surface area contributed by atoms with Crippen LogP contribution in [-0.4, -0.2) is 24.4 Å². The van der Waals surface area contributed by atoms with Gasteiger partial charge in [-0.15, -0.1) is 0 Å². The summed E-state index contributed by atoms with van der Waals surface area (Å²) in [5.74, 6) is 0. The van der Waals surface area contributed by atoms with Crippen LogP contribution in [0.2, 0.25) is 0 Å². The first kappa shape index (κ1) is 14.5. The highest BCUT2D eigenvalue weighted by Gasteiger charge is 2.17. The van der Waals surface area contributed by atoms with Gasteiger partial charge in [0, 0.05) is 6.04 Å². The Morgan fingerprint density at radius 2 is 1.75 bits per heavy atom. The van der Waals surface area contributed by atoms with Crippen LogP contribution in [0.15, 0.2) is 32.7 Å². The number of fused-ring (bicyclic) bond motifs is 1. The summed E-state index contributed by atoms with van der Waals surface area (Å²) >= 11 is 0. The maximum atomic E-state index is 12.1. The lowest BCUT2D eigenvalue weighted by molar-refractivity contribution is 0.556. The number of aromatic amines is 2. The molecule has 0 aliphatic heterocycles. The number of hydrogen-bond donors (Lipinski definition) is 3. The summed E-state index contributed by atoms with van der Waals surface area (Å²) in [5, 5.41) is 0. The quantitative estimate of drug-likeness (QED) is 0.704. The Hall–Kier alpha value is -1.93. The second kappa shape index (κ2) is 5.22. The van der Waals surface area contributed by atoms with Crippen molar-refractivity contribution in [1.82, 2.24) is 14.7 Å². The molecular weight excluding hydrogens is 282 g/mol. The first-order valence-corrected chi connectivity index (χ1v) is 7.60. The van der Waals surface area contributed by atoms with E-state index in [9.17, 15) is 18.0 Å². The number of hydrogen-bond acceptors (Lipinski definition) is 4. The van der Waals surface area contributed by atoms with E-state index in [1.807, 2.05) is 6.92 Å². The molecule has 8 heteroatoms. The lowest BCUT2D eigenvalue weighted by Crippen LogP contribution is -2.32. The SMILES string of the molecule is CC[C@@H](C)NS(=O)(=O)c1ccc2[nH]c(=O)c(=O)[nH]c2c1. The Balaban J connectivity index is 2.54. The molecule has 0 bridgehead atoms. The van der Waals surface area contributed by atoms with Crippen molar-refractivity contribution in [3.63, 3.8) is 0 Å². The highest BCUT2D eigenvalue weighted by atomic mass is 32.2. The first-order valence-electron chi connectivity index (χ1n) is 6.12. The zero-order chi connectivity index (χ0) is 14.9. The van der Waals surface area contributed by atoms with E-state index >= 15 is 0 Å². The largest absolute Gasteiger partial charge is 0.316 e. The van der Waals surface area contributed by atoms with Gasteiger partial charge in [0.1, 0.15) is 0 Å². The molecule has 0 aliphatic carbocycles. The van der Waals surface area contributed by atoms with Crippen LogP contribution >= 0.6 is 0 Å². The molecule has 3 N–H and O–H groups in total. The van der Waals surface area contributed by atoms with Gasteiger partial charge in [-0.05, 0) is 31.5 Å². The van der Waals surface area contributed by atoms with Gasteiger partial charge in [0.05, 0.1) is 15.9 Å². The highest BCUT2D eigenvalue weighted by Crippen LogP contribution is 2.14. The second-order valence-corrected chi connectivity index (χ2v) is 6.26. The van der Waals surface area contributed by atoms with Crippen LogP contribution in [0.3, 0.4) is 0 Å². The molecule has 1 aromatic carbocycles. The van der Waals surface area contributed by atoms with E-state index in [1.165, 1.54) is 18.2 Å². The monoisotopic (exact) mass is 297 g/mol. The molecule has 108 valence electrons. The Labute approximate surface area is 115 Å². The maximum Gasteiger partial charge on any atom is 0.314 e. The van der Waals surface area contributed by atoms with Gasteiger partial charge in [-0.25, -0.2) is 13.1 Å². The minimum Gasteiger partial charge on any atom is -0.316 e. The third-order valence-electron chi connectivity index (χ3n) is 2.97. The van der Waals surface area contributed by atoms with Crippen LogP contribution in [0.1, 0.15) is 20.3 Å². The summed E-state index contributed by atoms with van der Waals surface area (Å²) in [6, 6.07) is 3.95. The standard InChI is InChI=1S/C12H15N3O4S/c1-3-7(2)15-20(18,19)8-4-5-9-10(6-8)14-12(17)11(16)13-9/h4-7,15H,3H2,1-2H3,(H,13,16)(H,14,17)/t7-/m1/s1. The zero-order valence-corrected chi connectivity index (χ0v) is 11.9. The molecule has 0 saturated carbocycles. The minimum absolute atomic E-state index is 0.0352. The molecule has 0 radical (unpaired) electrons. The molecule has 0 saturated heterocycles. The van der Waals surface area contributed by atoms with E-state index < -0.39 is 21.1 Å². The summed E-state index contributed by atoms with van der Waals surface area (Å²) in [6.07, 6.45) is 0.664. The first-order chi connectivity index (χ1) is 9.33. The molecule has 2 rings (SSSR count). The maximum absolute atomic E-state index is 12.1. The fourth-order valence-corrected chi connectivity index (χ4v) is 3.03. The molecular formula is C12H15N3O4S. The summed E-state index contributed by atoms with van der Waals surface area (Å²) in [4.78, 5) is 27.2. The lowest BCUT2D eigenvalue weighted by Gasteiger charge is -2.12. The molecule has 7 nitrogen and oxygen atoms in total. The number of aromatic nitrogens is 2. The fraction of sp³-hybridized carbons (Fsp3) is 0.333. The van der Waals surface area contributed by atoms with Crippen molar-refractivity contribution in [2.75, 3.05) is 0 Å². The molecule has 0 amide bonds. The summed E-state index contributed by atoms with van der Waals surface area (Å²) < 4.78 is 26.8. The molecule has 1 heterocycles. The molecule has 0 aliphatic rings. The topological polar surface area (TPSA) is 112 Å². The normalized spacial score (nSPS) is 13.5. The number of sulfonamides is 1. The van der Waals surface area contributed by atoms with Crippen molar-refractivity contribution < 1.29 is 8.42 Å². The summed E-state index contributed by atoms with van der Waals surface area (Å²) in [6.45, 7) is 3.63. The van der Waals surface area contributed by atoms with E-state index in [0.29, 0.717) is 11.9 Å². The van der Waals surface area contributed by atoms with E-state index in [4.69, 9.17) is 0 Å². The van der Waals surface area contributed by atoms with Gasteiger partial charge in [-0.3, -0.25) is 9.59 Å². The minimum atomic E-state index is -3.65. The van der Waals surface area contributed by atoms with Crippen LogP contribution in [0.4, 0.5) is 0 Å². The number of nitrogens with one attached hydrogen (secondary N) is 3. The Kier molecular flexibility index (Phi) is 3.78. The van der Waals surface area contributed by atoms with Gasteiger partial charge in [-0.2, -0.15) is 0 Å². The van der Waals surface area contributed by atoms with Gasteiger partial charge in [0.15, 0.2) is 0 Å². The zero-order valence-electron chi connectivity index (χ0n) is 11.1. The van der Waals surface area contributed by atoms with E-state index in [1.54, 1.807) is 6.92 Å². The van der Waals surface area contributed by atoms with Gasteiger partial charge in [0.25, 0.3) is 0 Å². The molecule has 0 unspecified atom stereocenters. The smallest absolute Gasteiger partial charge is 0.314 e. The van der Waals surface area contributed by atoms with E-state index in [0.717, 1.165) is 0 Å². The van der Waals surface area contributed by atoms with Gasteiger partial charge >= 0.3 is 11.1 Å². The Morgan fingerprint density at radius 3 is 2.35 bits per heavy atom. The molecule has 1 atom stereocenters. The van der Waals surface area contributed by atoms with Crippen molar-refractivity contribution in [1.29, 1.82) is 0 Å². The van der Waals surface area contributed by atoms with Crippen molar-refractivity contribution >= 4 is 21.1 Å². The molecule has 20 heavy (non-hydrogen) atoms. The average Bonchev–Trinajstić information content (AvgIpc) is 2.39. The summed E-state index contributed by atoms with van der Waals surface area (Å²) in [5.41, 5.74) is -0.952. The number of H-pyrrole nitrogens is 2. The van der Waals surface area contributed by atoms with Gasteiger partial charge in [0.2, 0.25) is 10.0 Å². The van der Waals surface area contributed by atoms with Gasteiger partial charge < -0.3 is 9.97 Å². The van der Waals surface area contributed by atoms with Crippen LogP contribution in [0.5, 0.6) is 0 Å². The summed E-state index contributed by atoms with van der Waals surface area (Å²) in [7, 11) is -3.65. The predicted molar refractivity (Wildman–Crippen MR) is 75.3 cm³/mol. The van der Waals surface area contributed by atoms with Crippen LogP contribution in [0.25, 0.3) is 11.0 Å². The number of rotatable bonds is 4.